The Bertz CT molecular complexity index is 1390. The number of nitrogens with one attached hydrogen (secondary N) is 1. The van der Waals surface area contributed by atoms with Crippen LogP contribution in [-0.2, 0) is 4.74 Å². The molecule has 3 rings (SSSR count). The highest BCUT2D eigenvalue weighted by atomic mass is 35.5. The average Bonchev–Trinajstić information content (AvgIpc) is 2.86. The van der Waals surface area contributed by atoms with Crippen LogP contribution in [0.15, 0.2) is 59.5 Å². The van der Waals surface area contributed by atoms with Gasteiger partial charge < -0.3 is 29.6 Å². The van der Waals surface area contributed by atoms with Crippen LogP contribution >= 0.6 is 11.6 Å². The molecule has 3 N–H and O–H groups in total. The summed E-state index contributed by atoms with van der Waals surface area (Å²) in [5, 5.41) is 23.7. The molecular weight excluding hydrogens is 524 g/mol. The number of aromatic nitrogens is 1. The van der Waals surface area contributed by atoms with Gasteiger partial charge in [-0.05, 0) is 82.1 Å². The van der Waals surface area contributed by atoms with E-state index >= 15 is 0 Å². The maximum absolute atomic E-state index is 13.5. The molecule has 9 nitrogen and oxygen atoms in total. The van der Waals surface area contributed by atoms with Crippen molar-refractivity contribution in [1.29, 1.82) is 0 Å². The van der Waals surface area contributed by atoms with Crippen LogP contribution in [0.25, 0.3) is 11.1 Å². The molecule has 2 aromatic carbocycles. The van der Waals surface area contributed by atoms with E-state index < -0.39 is 29.4 Å². The van der Waals surface area contributed by atoms with E-state index in [9.17, 15) is 19.5 Å². The molecular formula is C29H33ClN2O7. The fourth-order valence-corrected chi connectivity index (χ4v) is 4.29. The molecule has 0 aliphatic rings. The summed E-state index contributed by atoms with van der Waals surface area (Å²) in [6.07, 6.45) is 0.496. The molecule has 39 heavy (non-hydrogen) atoms. The highest BCUT2D eigenvalue weighted by Crippen LogP contribution is 2.34. The van der Waals surface area contributed by atoms with Crippen molar-refractivity contribution >= 4 is 29.0 Å². The van der Waals surface area contributed by atoms with E-state index in [2.05, 4.69) is 5.32 Å². The number of aromatic carboxylic acids is 1. The predicted molar refractivity (Wildman–Crippen MR) is 150 cm³/mol. The molecule has 0 saturated carbocycles. The molecule has 0 aliphatic heterocycles. The van der Waals surface area contributed by atoms with Gasteiger partial charge in [0.05, 0.1) is 30.5 Å². The van der Waals surface area contributed by atoms with Gasteiger partial charge in [-0.15, -0.1) is 0 Å². The first-order valence-corrected chi connectivity index (χ1v) is 12.7. The van der Waals surface area contributed by atoms with Gasteiger partial charge in [-0.3, -0.25) is 9.59 Å². The lowest BCUT2D eigenvalue weighted by molar-refractivity contribution is -0.0158. The minimum Gasteiger partial charge on any atom is -0.495 e. The second kappa shape index (κ2) is 12.5. The standard InChI is InChI=1S/C29H33ClN2O7/c1-17(33)21-11-8-19(30)14-22(21)23-15-26(34)32(16-25(23)38-5)24(12-13-39-29(2,3)4)27(35)31-20-9-6-18(7-10-20)28(36)37/h6-11,14-16,24,27,31,35H,12-13H2,1-5H3,(H,36,37)/t24-,27?/m0/s1. The first-order chi connectivity index (χ1) is 18.3. The molecule has 0 saturated heterocycles. The van der Waals surface area contributed by atoms with Crippen molar-refractivity contribution in [1.82, 2.24) is 4.57 Å². The second-order valence-electron chi connectivity index (χ2n) is 10.0. The van der Waals surface area contributed by atoms with E-state index in [-0.39, 0.29) is 24.4 Å². The summed E-state index contributed by atoms with van der Waals surface area (Å²) in [4.78, 5) is 36.9. The number of carboxylic acids is 1. The van der Waals surface area contributed by atoms with Gasteiger partial charge in [-0.2, -0.15) is 0 Å². The highest BCUT2D eigenvalue weighted by molar-refractivity contribution is 6.31. The summed E-state index contributed by atoms with van der Waals surface area (Å²) >= 11 is 6.20. The molecule has 0 bridgehead atoms. The number of aliphatic hydroxyl groups is 1. The molecule has 0 aliphatic carbocycles. The zero-order valence-electron chi connectivity index (χ0n) is 22.5. The number of Topliss-reactive ketones (excluding diaryl/α,β-unsaturated/α-hetero) is 1. The van der Waals surface area contributed by atoms with Crippen LogP contribution in [0.1, 0.15) is 60.9 Å². The van der Waals surface area contributed by atoms with Gasteiger partial charge in [-0.25, -0.2) is 4.79 Å². The smallest absolute Gasteiger partial charge is 0.335 e. The lowest BCUT2D eigenvalue weighted by atomic mass is 9.97. The summed E-state index contributed by atoms with van der Waals surface area (Å²) in [7, 11) is 1.45. The Balaban J connectivity index is 2.04. The van der Waals surface area contributed by atoms with E-state index in [1.807, 2.05) is 20.8 Å². The molecule has 0 radical (unpaired) electrons. The third kappa shape index (κ3) is 7.69. The van der Waals surface area contributed by atoms with E-state index in [1.54, 1.807) is 18.2 Å². The molecule has 208 valence electrons. The third-order valence-corrected chi connectivity index (χ3v) is 6.27. The van der Waals surface area contributed by atoms with Gasteiger partial charge in [0, 0.05) is 34.5 Å². The van der Waals surface area contributed by atoms with Crippen LogP contribution in [0, 0.1) is 0 Å². The number of carbonyl (C=O) groups excluding carboxylic acids is 1. The Hall–Kier alpha value is -3.66. The predicted octanol–water partition coefficient (Wildman–Crippen LogP) is 5.25. The quantitative estimate of drug-likeness (QED) is 0.216. The number of hydrogen-bond acceptors (Lipinski definition) is 7. The molecule has 0 fully saturated rings. The number of hydrogen-bond donors (Lipinski definition) is 3. The van der Waals surface area contributed by atoms with E-state index in [4.69, 9.17) is 26.2 Å². The van der Waals surface area contributed by atoms with Gasteiger partial charge in [0.2, 0.25) is 0 Å². The van der Waals surface area contributed by atoms with Gasteiger partial charge in [-0.1, -0.05) is 11.6 Å². The number of nitrogens with zero attached hydrogens (tertiary/aromatic N) is 1. The van der Waals surface area contributed by atoms with Gasteiger partial charge in [0.1, 0.15) is 12.0 Å². The number of anilines is 1. The number of pyridine rings is 1. The van der Waals surface area contributed by atoms with Crippen molar-refractivity contribution < 1.29 is 29.3 Å². The van der Waals surface area contributed by atoms with Crippen LogP contribution < -0.4 is 15.6 Å². The highest BCUT2D eigenvalue weighted by Gasteiger charge is 2.26. The number of methoxy groups -OCH3 is 1. The van der Waals surface area contributed by atoms with Crippen LogP contribution in [-0.4, -0.2) is 52.1 Å². The van der Waals surface area contributed by atoms with Crippen LogP contribution in [0.5, 0.6) is 5.75 Å². The number of benzene rings is 2. The van der Waals surface area contributed by atoms with Crippen molar-refractivity contribution in [3.8, 4) is 16.9 Å². The normalized spacial score (nSPS) is 13.0. The Morgan fingerprint density at radius 3 is 2.31 bits per heavy atom. The molecule has 2 atom stereocenters. The van der Waals surface area contributed by atoms with E-state index in [0.29, 0.717) is 33.1 Å². The summed E-state index contributed by atoms with van der Waals surface area (Å²) < 4.78 is 12.8. The number of ketones is 1. The number of aliphatic hydroxyl groups excluding tert-OH is 1. The van der Waals surface area contributed by atoms with Crippen molar-refractivity contribution in [3.63, 3.8) is 0 Å². The topological polar surface area (TPSA) is 127 Å². The summed E-state index contributed by atoms with van der Waals surface area (Å²) in [5.41, 5.74) is 0.935. The number of carbonyl (C=O) groups is 2. The zero-order chi connectivity index (χ0) is 28.9. The fraction of sp³-hybridized carbons (Fsp3) is 0.345. The zero-order valence-corrected chi connectivity index (χ0v) is 23.3. The van der Waals surface area contributed by atoms with Gasteiger partial charge in [0.25, 0.3) is 5.56 Å². The summed E-state index contributed by atoms with van der Waals surface area (Å²) in [6, 6.07) is 11.2. The van der Waals surface area contributed by atoms with Crippen LogP contribution in [0.3, 0.4) is 0 Å². The lowest BCUT2D eigenvalue weighted by Gasteiger charge is -2.29. The van der Waals surface area contributed by atoms with Crippen LogP contribution in [0.2, 0.25) is 5.02 Å². The Morgan fingerprint density at radius 1 is 1.08 bits per heavy atom. The van der Waals surface area contributed by atoms with Gasteiger partial charge >= 0.3 is 5.97 Å². The first kappa shape index (κ1) is 29.9. The minimum atomic E-state index is -1.25. The maximum Gasteiger partial charge on any atom is 0.335 e. The maximum atomic E-state index is 13.5. The number of rotatable bonds is 11. The van der Waals surface area contributed by atoms with Crippen molar-refractivity contribution in [3.05, 3.63) is 81.2 Å². The molecule has 1 aromatic heterocycles. The Morgan fingerprint density at radius 2 is 1.74 bits per heavy atom. The Labute approximate surface area is 232 Å². The van der Waals surface area contributed by atoms with Gasteiger partial charge in [0.15, 0.2) is 5.78 Å². The minimum absolute atomic E-state index is 0.104. The van der Waals surface area contributed by atoms with Crippen molar-refractivity contribution in [2.24, 2.45) is 0 Å². The molecule has 10 heteroatoms. The molecule has 1 heterocycles. The SMILES string of the molecule is COc1cn([C@@H](CCOC(C)(C)C)C(O)Nc2ccc(C(=O)O)cc2)c(=O)cc1-c1cc(Cl)ccc1C(C)=O. The summed E-state index contributed by atoms with van der Waals surface area (Å²) in [5.74, 6) is -0.955. The average molecular weight is 557 g/mol. The number of carboxylic acid groups (broad SMARTS) is 1. The molecule has 1 unspecified atom stereocenters. The molecule has 0 amide bonds. The number of ether oxygens (including phenoxy) is 2. The largest absolute Gasteiger partial charge is 0.495 e. The summed E-state index contributed by atoms with van der Waals surface area (Å²) in [6.45, 7) is 7.38. The lowest BCUT2D eigenvalue weighted by Crippen LogP contribution is -2.37. The monoisotopic (exact) mass is 556 g/mol. The third-order valence-electron chi connectivity index (χ3n) is 6.03. The Kier molecular flexibility index (Phi) is 9.55. The van der Waals surface area contributed by atoms with E-state index in [1.165, 1.54) is 55.1 Å². The molecule has 3 aromatic rings. The fourth-order valence-electron chi connectivity index (χ4n) is 4.12. The second-order valence-corrected chi connectivity index (χ2v) is 10.5. The van der Waals surface area contributed by atoms with E-state index in [0.717, 1.165) is 0 Å². The van der Waals surface area contributed by atoms with Crippen molar-refractivity contribution in [2.75, 3.05) is 19.0 Å². The van der Waals surface area contributed by atoms with Crippen LogP contribution in [0.4, 0.5) is 5.69 Å². The first-order valence-electron chi connectivity index (χ1n) is 12.3. The molecule has 0 spiro atoms. The van der Waals surface area contributed by atoms with Crippen molar-refractivity contribution in [2.45, 2.75) is 52.0 Å². The number of halogens is 1.